The molecule has 0 bridgehead atoms. The molecular formula is C22H32Cl2FN3O3S. The molecule has 2 saturated heterocycles. The molecule has 1 N–H and O–H groups in total. The SMILES string of the molecule is CCCS(=O)(=O)N1CCC(CNC(=O)c2cc(F)c(Cl)cc2Cl)(C2CCCCN2C)CC1. The first-order chi connectivity index (χ1) is 15.1. The van der Waals surface area contributed by atoms with E-state index in [9.17, 15) is 17.6 Å². The van der Waals surface area contributed by atoms with Crippen molar-refractivity contribution in [3.63, 3.8) is 0 Å². The predicted molar refractivity (Wildman–Crippen MR) is 126 cm³/mol. The zero-order valence-electron chi connectivity index (χ0n) is 18.7. The van der Waals surface area contributed by atoms with Gasteiger partial charge >= 0.3 is 0 Å². The predicted octanol–water partition coefficient (Wildman–Crippen LogP) is 4.17. The molecule has 32 heavy (non-hydrogen) atoms. The fourth-order valence-electron chi connectivity index (χ4n) is 5.12. The van der Waals surface area contributed by atoms with Crippen molar-refractivity contribution in [2.45, 2.75) is 51.5 Å². The van der Waals surface area contributed by atoms with Crippen LogP contribution in [0.2, 0.25) is 10.0 Å². The van der Waals surface area contributed by atoms with E-state index >= 15 is 0 Å². The average Bonchev–Trinajstić information content (AvgIpc) is 2.75. The first-order valence-electron chi connectivity index (χ1n) is 11.2. The molecule has 3 rings (SSSR count). The summed E-state index contributed by atoms with van der Waals surface area (Å²) in [6.07, 6.45) is 5.15. The summed E-state index contributed by atoms with van der Waals surface area (Å²) in [7, 11) is -1.16. The van der Waals surface area contributed by atoms with E-state index in [-0.39, 0.29) is 32.8 Å². The molecule has 2 aliphatic rings. The number of carbonyl (C=O) groups excluding carboxylic acids is 1. The number of rotatable bonds is 7. The molecule has 1 atom stereocenters. The number of carbonyl (C=O) groups is 1. The maximum atomic E-state index is 13.9. The monoisotopic (exact) mass is 507 g/mol. The zero-order valence-corrected chi connectivity index (χ0v) is 21.0. The lowest BCUT2D eigenvalue weighted by atomic mass is 9.69. The highest BCUT2D eigenvalue weighted by atomic mass is 35.5. The third kappa shape index (κ3) is 5.58. The molecule has 1 aromatic rings. The minimum atomic E-state index is -3.26. The zero-order chi connectivity index (χ0) is 23.5. The summed E-state index contributed by atoms with van der Waals surface area (Å²) >= 11 is 11.9. The Morgan fingerprint density at radius 3 is 2.50 bits per heavy atom. The van der Waals surface area contributed by atoms with Crippen LogP contribution >= 0.6 is 23.2 Å². The number of hydrogen-bond donors (Lipinski definition) is 1. The van der Waals surface area contributed by atoms with Gasteiger partial charge in [-0.1, -0.05) is 36.5 Å². The van der Waals surface area contributed by atoms with E-state index in [0.717, 1.165) is 31.9 Å². The van der Waals surface area contributed by atoms with Crippen LogP contribution in [0.4, 0.5) is 4.39 Å². The molecule has 0 radical (unpaired) electrons. The third-order valence-electron chi connectivity index (χ3n) is 6.91. The van der Waals surface area contributed by atoms with Crippen LogP contribution in [0.25, 0.3) is 0 Å². The second-order valence-corrected chi connectivity index (χ2v) is 11.9. The second-order valence-electron chi connectivity index (χ2n) is 9.00. The average molecular weight is 508 g/mol. The first kappa shape index (κ1) is 25.7. The molecule has 1 amide bonds. The number of sulfonamides is 1. The molecule has 2 heterocycles. The van der Waals surface area contributed by atoms with Crippen molar-refractivity contribution in [1.29, 1.82) is 0 Å². The minimum Gasteiger partial charge on any atom is -0.351 e. The van der Waals surface area contributed by atoms with Crippen molar-refractivity contribution in [2.24, 2.45) is 5.41 Å². The van der Waals surface area contributed by atoms with E-state index < -0.39 is 21.7 Å². The Bertz CT molecular complexity index is 937. The van der Waals surface area contributed by atoms with Gasteiger partial charge < -0.3 is 10.2 Å². The van der Waals surface area contributed by atoms with Crippen LogP contribution in [-0.2, 0) is 10.0 Å². The summed E-state index contributed by atoms with van der Waals surface area (Å²) in [5, 5.41) is 2.93. The molecule has 2 aliphatic heterocycles. The number of amides is 1. The van der Waals surface area contributed by atoms with E-state index in [2.05, 4.69) is 17.3 Å². The summed E-state index contributed by atoms with van der Waals surface area (Å²) < 4.78 is 40.6. The highest BCUT2D eigenvalue weighted by molar-refractivity contribution is 7.89. The maximum absolute atomic E-state index is 13.9. The van der Waals surface area contributed by atoms with Gasteiger partial charge in [0.2, 0.25) is 10.0 Å². The Morgan fingerprint density at radius 2 is 1.88 bits per heavy atom. The van der Waals surface area contributed by atoms with E-state index in [4.69, 9.17) is 23.2 Å². The standard InChI is InChI=1S/C22H32Cl2FN3O3S/c1-3-12-32(30,31)28-10-7-22(8-11-28,20-6-4-5-9-27(20)2)15-26-21(29)16-13-19(25)18(24)14-17(16)23/h13-14,20H,3-12,15H2,1-2H3,(H,26,29). The van der Waals surface area contributed by atoms with Crippen molar-refractivity contribution in [1.82, 2.24) is 14.5 Å². The quantitative estimate of drug-likeness (QED) is 0.562. The third-order valence-corrected chi connectivity index (χ3v) is 9.59. The van der Waals surface area contributed by atoms with E-state index in [1.807, 2.05) is 6.92 Å². The summed E-state index contributed by atoms with van der Waals surface area (Å²) in [5.41, 5.74) is -0.218. The van der Waals surface area contributed by atoms with Gasteiger partial charge in [-0.2, -0.15) is 0 Å². The smallest absolute Gasteiger partial charge is 0.252 e. The topological polar surface area (TPSA) is 69.7 Å². The Kier molecular flexibility index (Phi) is 8.47. The van der Waals surface area contributed by atoms with Crippen LogP contribution in [0, 0.1) is 11.2 Å². The van der Waals surface area contributed by atoms with Crippen molar-refractivity contribution in [2.75, 3.05) is 39.0 Å². The second kappa shape index (κ2) is 10.6. The van der Waals surface area contributed by atoms with Crippen LogP contribution in [0.1, 0.15) is 55.8 Å². The number of benzene rings is 1. The summed E-state index contributed by atoms with van der Waals surface area (Å²) in [5.74, 6) is -0.998. The molecule has 0 aliphatic carbocycles. The number of piperidine rings is 2. The van der Waals surface area contributed by atoms with E-state index in [0.29, 0.717) is 38.9 Å². The van der Waals surface area contributed by atoms with Crippen molar-refractivity contribution >= 4 is 39.1 Å². The van der Waals surface area contributed by atoms with Crippen LogP contribution < -0.4 is 5.32 Å². The minimum absolute atomic E-state index is 0.0451. The Morgan fingerprint density at radius 1 is 1.19 bits per heavy atom. The van der Waals surface area contributed by atoms with Gasteiger partial charge in [-0.3, -0.25) is 4.79 Å². The van der Waals surface area contributed by atoms with Gasteiger partial charge in [0.25, 0.3) is 5.91 Å². The van der Waals surface area contributed by atoms with E-state index in [1.54, 1.807) is 4.31 Å². The van der Waals surface area contributed by atoms with Gasteiger partial charge in [-0.15, -0.1) is 0 Å². The lowest BCUT2D eigenvalue weighted by Gasteiger charge is -2.51. The summed E-state index contributed by atoms with van der Waals surface area (Å²) in [6, 6.07) is 2.53. The van der Waals surface area contributed by atoms with Crippen molar-refractivity contribution in [3.8, 4) is 0 Å². The maximum Gasteiger partial charge on any atom is 0.252 e. The van der Waals surface area contributed by atoms with Gasteiger partial charge in [-0.05, 0) is 57.8 Å². The molecule has 10 heteroatoms. The highest BCUT2D eigenvalue weighted by Gasteiger charge is 2.45. The highest BCUT2D eigenvalue weighted by Crippen LogP contribution is 2.41. The van der Waals surface area contributed by atoms with Gasteiger partial charge in [0.1, 0.15) is 5.82 Å². The number of nitrogens with one attached hydrogen (secondary N) is 1. The molecule has 6 nitrogen and oxygen atoms in total. The van der Waals surface area contributed by atoms with Crippen LogP contribution in [-0.4, -0.2) is 68.6 Å². The lowest BCUT2D eigenvalue weighted by Crippen LogP contribution is -2.58. The molecule has 0 saturated carbocycles. The lowest BCUT2D eigenvalue weighted by molar-refractivity contribution is 0.0131. The normalized spacial score (nSPS) is 22.6. The fraction of sp³-hybridized carbons (Fsp3) is 0.682. The van der Waals surface area contributed by atoms with Crippen molar-refractivity contribution in [3.05, 3.63) is 33.6 Å². The molecule has 0 aromatic heterocycles. The van der Waals surface area contributed by atoms with Crippen LogP contribution in [0.3, 0.4) is 0 Å². The first-order valence-corrected chi connectivity index (χ1v) is 13.6. The number of nitrogens with zero attached hydrogens (tertiary/aromatic N) is 2. The fourth-order valence-corrected chi connectivity index (χ4v) is 7.10. The van der Waals surface area contributed by atoms with Crippen molar-refractivity contribution < 1.29 is 17.6 Å². The molecule has 1 aromatic carbocycles. The Balaban J connectivity index is 1.79. The van der Waals surface area contributed by atoms with Crippen LogP contribution in [0.5, 0.6) is 0 Å². The van der Waals surface area contributed by atoms with Gasteiger partial charge in [0, 0.05) is 31.1 Å². The molecular weight excluding hydrogens is 476 g/mol. The van der Waals surface area contributed by atoms with E-state index in [1.165, 1.54) is 6.07 Å². The summed E-state index contributed by atoms with van der Waals surface area (Å²) in [4.78, 5) is 15.2. The molecule has 180 valence electrons. The molecule has 0 spiro atoms. The largest absolute Gasteiger partial charge is 0.351 e. The number of likely N-dealkylation sites (tertiary alicyclic amines) is 1. The Labute approximate surface area is 200 Å². The molecule has 2 fully saturated rings. The molecule has 1 unspecified atom stereocenters. The number of halogens is 3. The summed E-state index contributed by atoms with van der Waals surface area (Å²) in [6.45, 7) is 4.11. The van der Waals surface area contributed by atoms with Gasteiger partial charge in [0.15, 0.2) is 0 Å². The van der Waals surface area contributed by atoms with Crippen LogP contribution in [0.15, 0.2) is 12.1 Å². The van der Waals surface area contributed by atoms with Gasteiger partial charge in [-0.25, -0.2) is 17.1 Å². The van der Waals surface area contributed by atoms with Gasteiger partial charge in [0.05, 0.1) is 21.4 Å². The number of hydrogen-bond acceptors (Lipinski definition) is 4. The Hall–Kier alpha value is -0.930.